The Balaban J connectivity index is 2.01. The highest BCUT2D eigenvalue weighted by atomic mass is 16.5. The van der Waals surface area contributed by atoms with Gasteiger partial charge in [-0.2, -0.15) is 0 Å². The molecule has 1 heterocycles. The lowest BCUT2D eigenvalue weighted by Gasteiger charge is -2.24. The highest BCUT2D eigenvalue weighted by Gasteiger charge is 2.32. The first-order valence-electron chi connectivity index (χ1n) is 6.63. The number of esters is 1. The van der Waals surface area contributed by atoms with Gasteiger partial charge in [-0.1, -0.05) is 37.3 Å². The fourth-order valence-electron chi connectivity index (χ4n) is 2.78. The maximum absolute atomic E-state index is 11.7. The molecule has 1 aliphatic heterocycles. The zero-order valence-electron chi connectivity index (χ0n) is 11.1. The quantitative estimate of drug-likeness (QED) is 0.765. The third-order valence-electron chi connectivity index (χ3n) is 3.79. The first kappa shape index (κ1) is 13.1. The second-order valence-electron chi connectivity index (χ2n) is 4.84. The van der Waals surface area contributed by atoms with Crippen LogP contribution < -0.4 is 0 Å². The third-order valence-corrected chi connectivity index (χ3v) is 3.79. The molecular weight excluding hydrogens is 226 g/mol. The van der Waals surface area contributed by atoms with Crippen molar-refractivity contribution in [3.63, 3.8) is 0 Å². The predicted molar refractivity (Wildman–Crippen MR) is 71.5 cm³/mol. The summed E-state index contributed by atoms with van der Waals surface area (Å²) in [6, 6.07) is 10.5. The number of rotatable bonds is 4. The monoisotopic (exact) mass is 247 g/mol. The van der Waals surface area contributed by atoms with Crippen LogP contribution in [0, 0.1) is 0 Å². The van der Waals surface area contributed by atoms with Crippen molar-refractivity contribution in [1.82, 2.24) is 4.90 Å². The van der Waals surface area contributed by atoms with E-state index in [0.29, 0.717) is 5.92 Å². The minimum absolute atomic E-state index is 0.0799. The summed E-state index contributed by atoms with van der Waals surface area (Å²) in [5.41, 5.74) is 1.37. The summed E-state index contributed by atoms with van der Waals surface area (Å²) in [6.07, 6.45) is 1.94. The van der Waals surface area contributed by atoms with Crippen molar-refractivity contribution < 1.29 is 9.53 Å². The van der Waals surface area contributed by atoms with E-state index in [1.165, 1.54) is 12.7 Å². The van der Waals surface area contributed by atoms with Gasteiger partial charge in [0, 0.05) is 6.54 Å². The number of nitrogens with zero attached hydrogens (tertiary/aromatic N) is 1. The lowest BCUT2D eigenvalue weighted by molar-refractivity contribution is -0.146. The van der Waals surface area contributed by atoms with E-state index in [0.717, 1.165) is 25.9 Å². The lowest BCUT2D eigenvalue weighted by atomic mass is 9.99. The molecule has 1 aromatic carbocycles. The highest BCUT2D eigenvalue weighted by molar-refractivity contribution is 5.75. The van der Waals surface area contributed by atoms with Crippen LogP contribution in [0.1, 0.15) is 31.2 Å². The lowest BCUT2D eigenvalue weighted by Crippen LogP contribution is -2.39. The molecule has 0 aliphatic carbocycles. The number of ether oxygens (including phenoxy) is 1. The Morgan fingerprint density at radius 3 is 2.78 bits per heavy atom. The molecule has 18 heavy (non-hydrogen) atoms. The fraction of sp³-hybridized carbons (Fsp3) is 0.533. The Hall–Kier alpha value is -1.35. The molecule has 0 N–H and O–H groups in total. The first-order chi connectivity index (χ1) is 8.76. The summed E-state index contributed by atoms with van der Waals surface area (Å²) in [7, 11) is 1.47. The smallest absolute Gasteiger partial charge is 0.323 e. The summed E-state index contributed by atoms with van der Waals surface area (Å²) >= 11 is 0. The number of benzene rings is 1. The molecule has 1 saturated heterocycles. The van der Waals surface area contributed by atoms with Gasteiger partial charge in [0.05, 0.1) is 7.11 Å². The van der Waals surface area contributed by atoms with E-state index in [1.807, 2.05) is 13.0 Å². The van der Waals surface area contributed by atoms with Crippen molar-refractivity contribution in [2.45, 2.75) is 31.7 Å². The number of likely N-dealkylation sites (tertiary alicyclic amines) is 1. The minimum atomic E-state index is -0.105. The molecule has 0 spiro atoms. The first-order valence-corrected chi connectivity index (χ1v) is 6.63. The Kier molecular flexibility index (Phi) is 4.37. The van der Waals surface area contributed by atoms with Gasteiger partial charge >= 0.3 is 5.97 Å². The Bertz CT molecular complexity index is 391. The van der Waals surface area contributed by atoms with Gasteiger partial charge in [-0.15, -0.1) is 0 Å². The topological polar surface area (TPSA) is 29.5 Å². The van der Waals surface area contributed by atoms with Crippen LogP contribution in [0.5, 0.6) is 0 Å². The predicted octanol–water partition coefficient (Wildman–Crippen LogP) is 2.43. The van der Waals surface area contributed by atoms with Crippen LogP contribution in [0.15, 0.2) is 30.3 Å². The summed E-state index contributed by atoms with van der Waals surface area (Å²) in [5.74, 6) is 0.441. The molecule has 1 aliphatic rings. The van der Waals surface area contributed by atoms with Gasteiger partial charge in [-0.05, 0) is 30.9 Å². The SMILES string of the molecule is CCC(C(=O)OC)N1CCC(c2ccccc2)C1. The highest BCUT2D eigenvalue weighted by Crippen LogP contribution is 2.29. The van der Waals surface area contributed by atoms with E-state index in [1.54, 1.807) is 0 Å². The second-order valence-corrected chi connectivity index (χ2v) is 4.84. The van der Waals surface area contributed by atoms with Crippen LogP contribution in [-0.4, -0.2) is 37.1 Å². The molecule has 2 unspecified atom stereocenters. The number of methoxy groups -OCH3 is 1. The van der Waals surface area contributed by atoms with E-state index in [-0.39, 0.29) is 12.0 Å². The molecule has 0 bridgehead atoms. The van der Waals surface area contributed by atoms with E-state index in [2.05, 4.69) is 29.2 Å². The standard InChI is InChI=1S/C15H21NO2/c1-3-14(15(17)18-2)16-10-9-13(11-16)12-7-5-4-6-8-12/h4-8,13-14H,3,9-11H2,1-2H3. The maximum Gasteiger partial charge on any atom is 0.323 e. The average molecular weight is 247 g/mol. The third kappa shape index (κ3) is 2.72. The Labute approximate surface area is 109 Å². The molecular formula is C15H21NO2. The largest absolute Gasteiger partial charge is 0.468 e. The molecule has 3 heteroatoms. The second kappa shape index (κ2) is 6.01. The summed E-state index contributed by atoms with van der Waals surface area (Å²) in [4.78, 5) is 14.0. The van der Waals surface area contributed by atoms with Crippen molar-refractivity contribution in [2.75, 3.05) is 20.2 Å². The fourth-order valence-corrected chi connectivity index (χ4v) is 2.78. The number of hydrogen-bond acceptors (Lipinski definition) is 3. The summed E-state index contributed by atoms with van der Waals surface area (Å²) in [6.45, 7) is 3.97. The normalized spacial score (nSPS) is 21.8. The van der Waals surface area contributed by atoms with Gasteiger partial charge < -0.3 is 4.74 Å². The Morgan fingerprint density at radius 2 is 2.17 bits per heavy atom. The molecule has 1 fully saturated rings. The van der Waals surface area contributed by atoms with Crippen LogP contribution >= 0.6 is 0 Å². The van der Waals surface area contributed by atoms with E-state index in [9.17, 15) is 4.79 Å². The van der Waals surface area contributed by atoms with Crippen molar-refractivity contribution in [3.8, 4) is 0 Å². The number of carbonyl (C=O) groups excluding carboxylic acids is 1. The zero-order chi connectivity index (χ0) is 13.0. The number of carbonyl (C=O) groups is 1. The Morgan fingerprint density at radius 1 is 1.44 bits per heavy atom. The van der Waals surface area contributed by atoms with Crippen LogP contribution in [-0.2, 0) is 9.53 Å². The van der Waals surface area contributed by atoms with Gasteiger partial charge in [0.15, 0.2) is 0 Å². The van der Waals surface area contributed by atoms with Crippen LogP contribution in [0.2, 0.25) is 0 Å². The average Bonchev–Trinajstić information content (AvgIpc) is 2.90. The molecule has 2 rings (SSSR count). The van der Waals surface area contributed by atoms with Gasteiger partial charge in [0.1, 0.15) is 6.04 Å². The molecule has 98 valence electrons. The van der Waals surface area contributed by atoms with Gasteiger partial charge in [-0.25, -0.2) is 0 Å². The molecule has 0 aromatic heterocycles. The van der Waals surface area contributed by atoms with Crippen molar-refractivity contribution in [2.24, 2.45) is 0 Å². The molecule has 0 amide bonds. The molecule has 2 atom stereocenters. The van der Waals surface area contributed by atoms with Crippen LogP contribution in [0.25, 0.3) is 0 Å². The van der Waals surface area contributed by atoms with Crippen molar-refractivity contribution in [1.29, 1.82) is 0 Å². The zero-order valence-corrected chi connectivity index (χ0v) is 11.1. The molecule has 0 saturated carbocycles. The van der Waals surface area contributed by atoms with Crippen LogP contribution in [0.4, 0.5) is 0 Å². The van der Waals surface area contributed by atoms with E-state index in [4.69, 9.17) is 4.74 Å². The van der Waals surface area contributed by atoms with Gasteiger partial charge in [0.25, 0.3) is 0 Å². The molecule has 1 aromatic rings. The molecule has 3 nitrogen and oxygen atoms in total. The van der Waals surface area contributed by atoms with E-state index >= 15 is 0 Å². The molecule has 0 radical (unpaired) electrons. The van der Waals surface area contributed by atoms with Gasteiger partial charge in [-0.3, -0.25) is 9.69 Å². The number of hydrogen-bond donors (Lipinski definition) is 0. The van der Waals surface area contributed by atoms with Crippen molar-refractivity contribution >= 4 is 5.97 Å². The minimum Gasteiger partial charge on any atom is -0.468 e. The summed E-state index contributed by atoms with van der Waals surface area (Å²) < 4.78 is 4.88. The maximum atomic E-state index is 11.7. The van der Waals surface area contributed by atoms with E-state index < -0.39 is 0 Å². The summed E-state index contributed by atoms with van der Waals surface area (Å²) in [5, 5.41) is 0. The van der Waals surface area contributed by atoms with Gasteiger partial charge in [0.2, 0.25) is 0 Å². The van der Waals surface area contributed by atoms with Crippen LogP contribution in [0.3, 0.4) is 0 Å². The van der Waals surface area contributed by atoms with Crippen molar-refractivity contribution in [3.05, 3.63) is 35.9 Å².